The molecule has 1 spiro atoms. The number of benzene rings is 3. The van der Waals surface area contributed by atoms with Crippen molar-refractivity contribution in [2.45, 2.75) is 24.3 Å². The lowest BCUT2D eigenvalue weighted by Gasteiger charge is -2.43. The van der Waals surface area contributed by atoms with Crippen LogP contribution in [0.4, 0.5) is 18.9 Å². The fourth-order valence-corrected chi connectivity index (χ4v) is 6.70. The van der Waals surface area contributed by atoms with Crippen molar-refractivity contribution in [2.75, 3.05) is 12.1 Å². The van der Waals surface area contributed by atoms with Gasteiger partial charge in [-0.25, -0.2) is 0 Å². The van der Waals surface area contributed by atoms with Gasteiger partial charge in [-0.3, -0.25) is 24.6 Å². The van der Waals surface area contributed by atoms with E-state index >= 15 is 0 Å². The molecule has 0 saturated carbocycles. The number of carbonyl (C=O) groups is 3. The third-order valence-electron chi connectivity index (χ3n) is 8.33. The minimum absolute atomic E-state index is 0.126. The summed E-state index contributed by atoms with van der Waals surface area (Å²) in [5.41, 5.74) is 0.136. The molecule has 3 aromatic rings. The molecule has 40 heavy (non-hydrogen) atoms. The van der Waals surface area contributed by atoms with Crippen LogP contribution < -0.4 is 15.1 Å². The van der Waals surface area contributed by atoms with Crippen molar-refractivity contribution in [1.29, 1.82) is 0 Å². The van der Waals surface area contributed by atoms with Gasteiger partial charge in [-0.1, -0.05) is 36.4 Å². The zero-order chi connectivity index (χ0) is 28.0. The summed E-state index contributed by atoms with van der Waals surface area (Å²) >= 11 is 0. The van der Waals surface area contributed by atoms with E-state index in [4.69, 9.17) is 4.74 Å². The number of nitrogens with one attached hydrogen (secondary N) is 1. The van der Waals surface area contributed by atoms with E-state index in [0.29, 0.717) is 17.0 Å². The van der Waals surface area contributed by atoms with E-state index < -0.39 is 52.9 Å². The summed E-state index contributed by atoms with van der Waals surface area (Å²) in [7, 11) is 1.55. The van der Waals surface area contributed by atoms with Crippen LogP contribution in [0.25, 0.3) is 0 Å². The van der Waals surface area contributed by atoms with Crippen LogP contribution >= 0.6 is 0 Å². The summed E-state index contributed by atoms with van der Waals surface area (Å²) in [6.45, 7) is 0.210. The van der Waals surface area contributed by atoms with Gasteiger partial charge in [0.05, 0.1) is 35.9 Å². The molecule has 7 rings (SSSR count). The Hall–Kier alpha value is -4.51. The number of methoxy groups -OCH3 is 1. The standard InChI is InChI=1S/C29H21F3N4O4/c1-40-18-12-6-15(7-13-18)14-35-23-19-4-2-3-5-20(19)24-28(35,22-21(23)25(37)33-26(22)38)27(39)36(34-24)17-10-8-16(9-11-17)29(30,31)32/h2-13,21-23H,14H2,1H3,(H,33,37,38)/t21-,22-,23-,28-/m1/s1. The minimum atomic E-state index is -4.55. The molecule has 4 heterocycles. The van der Waals surface area contributed by atoms with Gasteiger partial charge in [-0.2, -0.15) is 23.3 Å². The molecule has 4 atom stereocenters. The number of imide groups is 1. The number of halogens is 3. The number of anilines is 1. The number of alkyl halides is 3. The Labute approximate surface area is 226 Å². The van der Waals surface area contributed by atoms with Gasteiger partial charge in [-0.05, 0) is 47.5 Å². The molecule has 3 amide bonds. The van der Waals surface area contributed by atoms with Crippen LogP contribution in [0.15, 0.2) is 77.9 Å². The van der Waals surface area contributed by atoms with E-state index in [-0.39, 0.29) is 12.2 Å². The van der Waals surface area contributed by atoms with Crippen molar-refractivity contribution in [2.24, 2.45) is 16.9 Å². The largest absolute Gasteiger partial charge is 0.497 e. The molecular formula is C29H21F3N4O4. The molecule has 202 valence electrons. The van der Waals surface area contributed by atoms with Gasteiger partial charge in [-0.15, -0.1) is 0 Å². The monoisotopic (exact) mass is 546 g/mol. The number of carbonyl (C=O) groups excluding carboxylic acids is 3. The molecular weight excluding hydrogens is 525 g/mol. The van der Waals surface area contributed by atoms with Crippen LogP contribution in [-0.2, 0) is 27.1 Å². The van der Waals surface area contributed by atoms with Gasteiger partial charge in [0.25, 0.3) is 5.91 Å². The van der Waals surface area contributed by atoms with Crippen LogP contribution in [0.2, 0.25) is 0 Å². The Morgan fingerprint density at radius 3 is 2.33 bits per heavy atom. The van der Waals surface area contributed by atoms with Crippen LogP contribution in [0.1, 0.15) is 28.3 Å². The van der Waals surface area contributed by atoms with E-state index in [9.17, 15) is 27.6 Å². The maximum atomic E-state index is 14.5. The van der Waals surface area contributed by atoms with Crippen LogP contribution in [0.5, 0.6) is 5.75 Å². The van der Waals surface area contributed by atoms with Crippen molar-refractivity contribution in [3.8, 4) is 5.75 Å². The first-order valence-electron chi connectivity index (χ1n) is 12.6. The van der Waals surface area contributed by atoms with E-state index in [1.165, 1.54) is 12.1 Å². The Bertz CT molecular complexity index is 1620. The van der Waals surface area contributed by atoms with Gasteiger partial charge in [0.15, 0.2) is 5.54 Å². The Balaban J connectivity index is 1.43. The average molecular weight is 547 g/mol. The predicted molar refractivity (Wildman–Crippen MR) is 136 cm³/mol. The molecule has 0 unspecified atom stereocenters. The number of ether oxygens (including phenoxy) is 1. The molecule has 2 saturated heterocycles. The smallest absolute Gasteiger partial charge is 0.416 e. The predicted octanol–water partition coefficient (Wildman–Crippen LogP) is 3.66. The number of fused-ring (bicyclic) bond motifs is 6. The maximum Gasteiger partial charge on any atom is 0.416 e. The van der Waals surface area contributed by atoms with E-state index in [1.54, 1.807) is 31.4 Å². The number of hydrazone groups is 1. The van der Waals surface area contributed by atoms with E-state index in [0.717, 1.165) is 28.3 Å². The first-order valence-corrected chi connectivity index (χ1v) is 12.6. The summed E-state index contributed by atoms with van der Waals surface area (Å²) < 4.78 is 45.0. The van der Waals surface area contributed by atoms with Crippen molar-refractivity contribution >= 4 is 29.1 Å². The van der Waals surface area contributed by atoms with Crippen LogP contribution in [-0.4, -0.2) is 41.0 Å². The number of hydrogen-bond acceptors (Lipinski definition) is 6. The first kappa shape index (κ1) is 24.5. The zero-order valence-corrected chi connectivity index (χ0v) is 21.0. The molecule has 2 fully saturated rings. The molecule has 11 heteroatoms. The number of nitrogens with zero attached hydrogens (tertiary/aromatic N) is 3. The van der Waals surface area contributed by atoms with Crippen LogP contribution in [0, 0.1) is 11.8 Å². The third-order valence-corrected chi connectivity index (χ3v) is 8.33. The van der Waals surface area contributed by atoms with Crippen LogP contribution in [0.3, 0.4) is 0 Å². The highest BCUT2D eigenvalue weighted by molar-refractivity contribution is 6.33. The molecule has 8 nitrogen and oxygen atoms in total. The lowest BCUT2D eigenvalue weighted by Crippen LogP contribution is -2.63. The highest BCUT2D eigenvalue weighted by Gasteiger charge is 2.77. The molecule has 0 radical (unpaired) electrons. The fourth-order valence-electron chi connectivity index (χ4n) is 6.70. The Kier molecular flexibility index (Phi) is 5.06. The molecule has 4 aliphatic heterocycles. The SMILES string of the molecule is COc1ccc(CN2[C@@H]3c4ccccc4C4=NN(c5ccc(C(F)(F)F)cc5)C(=O)[C@@]42[C@H]2C(=O)NC(=O)[C@@H]32)cc1. The molecule has 3 aromatic carbocycles. The molecule has 0 aromatic heterocycles. The van der Waals surface area contributed by atoms with Gasteiger partial charge < -0.3 is 4.74 Å². The lowest BCUT2D eigenvalue weighted by molar-refractivity contribution is -0.137. The normalized spacial score (nSPS) is 26.8. The van der Waals surface area contributed by atoms with Crippen molar-refractivity contribution in [3.63, 3.8) is 0 Å². The highest BCUT2D eigenvalue weighted by Crippen LogP contribution is 2.61. The van der Waals surface area contributed by atoms with Gasteiger partial charge in [0, 0.05) is 18.2 Å². The first-order chi connectivity index (χ1) is 19.2. The van der Waals surface area contributed by atoms with Crippen molar-refractivity contribution < 1.29 is 32.3 Å². The van der Waals surface area contributed by atoms with Gasteiger partial charge in [0.2, 0.25) is 11.8 Å². The average Bonchev–Trinajstić information content (AvgIpc) is 3.50. The minimum Gasteiger partial charge on any atom is -0.497 e. The summed E-state index contributed by atoms with van der Waals surface area (Å²) in [6, 6.07) is 18.1. The second kappa shape index (κ2) is 8.25. The topological polar surface area (TPSA) is 91.3 Å². The summed E-state index contributed by atoms with van der Waals surface area (Å²) in [4.78, 5) is 43.0. The number of hydrogen-bond donors (Lipinski definition) is 1. The highest BCUT2D eigenvalue weighted by atomic mass is 19.4. The molecule has 2 bridgehead atoms. The Morgan fingerprint density at radius 1 is 0.950 bits per heavy atom. The quantitative estimate of drug-likeness (QED) is 0.505. The number of amides is 3. The zero-order valence-electron chi connectivity index (χ0n) is 21.0. The lowest BCUT2D eigenvalue weighted by atomic mass is 9.75. The third kappa shape index (κ3) is 3.12. The molecule has 1 N–H and O–H groups in total. The van der Waals surface area contributed by atoms with Gasteiger partial charge >= 0.3 is 6.18 Å². The van der Waals surface area contributed by atoms with Crippen molar-refractivity contribution in [1.82, 2.24) is 10.2 Å². The van der Waals surface area contributed by atoms with E-state index in [1.807, 2.05) is 29.2 Å². The van der Waals surface area contributed by atoms with Crippen molar-refractivity contribution in [3.05, 3.63) is 95.1 Å². The molecule has 4 aliphatic rings. The second-order valence-electron chi connectivity index (χ2n) is 10.2. The number of rotatable bonds is 4. The van der Waals surface area contributed by atoms with Gasteiger partial charge in [0.1, 0.15) is 5.75 Å². The fraction of sp³-hybridized carbons (Fsp3) is 0.241. The Morgan fingerprint density at radius 2 is 1.65 bits per heavy atom. The summed E-state index contributed by atoms with van der Waals surface area (Å²) in [5.74, 6) is -2.90. The second-order valence-corrected chi connectivity index (χ2v) is 10.2. The van der Waals surface area contributed by atoms with E-state index in [2.05, 4.69) is 10.4 Å². The summed E-state index contributed by atoms with van der Waals surface area (Å²) in [6.07, 6.45) is -4.55. The maximum absolute atomic E-state index is 14.5. The molecule has 0 aliphatic carbocycles. The summed E-state index contributed by atoms with van der Waals surface area (Å²) in [5, 5.41) is 8.15.